The summed E-state index contributed by atoms with van der Waals surface area (Å²) in [5, 5.41) is 0. The van der Waals surface area contributed by atoms with E-state index in [4.69, 9.17) is 5.73 Å². The highest BCUT2D eigenvalue weighted by Crippen LogP contribution is 2.25. The fraction of sp³-hybridized carbons (Fsp3) is 0.714. The summed E-state index contributed by atoms with van der Waals surface area (Å²) in [4.78, 5) is 5.15. The van der Waals surface area contributed by atoms with Crippen molar-refractivity contribution in [2.24, 2.45) is 5.73 Å². The SMILES string of the molecule is Cc1ccc(C(N)CN(C)C2CCCCC2)s1. The highest BCUT2D eigenvalue weighted by Gasteiger charge is 2.20. The lowest BCUT2D eigenvalue weighted by atomic mass is 9.94. The number of rotatable bonds is 4. The summed E-state index contributed by atoms with van der Waals surface area (Å²) >= 11 is 1.83. The highest BCUT2D eigenvalue weighted by molar-refractivity contribution is 7.12. The minimum Gasteiger partial charge on any atom is -0.322 e. The summed E-state index contributed by atoms with van der Waals surface area (Å²) in [7, 11) is 2.23. The molecule has 1 fully saturated rings. The van der Waals surface area contributed by atoms with E-state index in [-0.39, 0.29) is 6.04 Å². The zero-order valence-corrected chi connectivity index (χ0v) is 11.8. The fourth-order valence-corrected chi connectivity index (χ4v) is 3.59. The van der Waals surface area contributed by atoms with Crippen molar-refractivity contribution in [2.45, 2.75) is 51.1 Å². The number of aryl methyl sites for hydroxylation is 1. The van der Waals surface area contributed by atoms with Gasteiger partial charge in [0.15, 0.2) is 0 Å². The quantitative estimate of drug-likeness (QED) is 0.890. The number of nitrogens with two attached hydrogens (primary N) is 1. The topological polar surface area (TPSA) is 29.3 Å². The third-order valence-electron chi connectivity index (χ3n) is 3.81. The summed E-state index contributed by atoms with van der Waals surface area (Å²) in [6, 6.07) is 5.29. The van der Waals surface area contributed by atoms with Gasteiger partial charge in [-0.25, -0.2) is 0 Å². The van der Waals surface area contributed by atoms with Gasteiger partial charge in [0.1, 0.15) is 0 Å². The van der Waals surface area contributed by atoms with Gasteiger partial charge in [0.2, 0.25) is 0 Å². The Bertz CT molecular complexity index is 342. The average Bonchev–Trinajstić information content (AvgIpc) is 2.77. The van der Waals surface area contributed by atoms with Crippen molar-refractivity contribution in [3.63, 3.8) is 0 Å². The molecule has 0 radical (unpaired) electrons. The lowest BCUT2D eigenvalue weighted by molar-refractivity contribution is 0.183. The third-order valence-corrected chi connectivity index (χ3v) is 4.94. The Labute approximate surface area is 109 Å². The Morgan fingerprint density at radius 1 is 1.35 bits per heavy atom. The first-order valence-corrected chi connectivity index (χ1v) is 7.50. The van der Waals surface area contributed by atoms with Crippen molar-refractivity contribution in [1.29, 1.82) is 0 Å². The lowest BCUT2D eigenvalue weighted by Crippen LogP contribution is -2.38. The van der Waals surface area contributed by atoms with Crippen molar-refractivity contribution >= 4 is 11.3 Å². The van der Waals surface area contributed by atoms with Crippen LogP contribution in [-0.4, -0.2) is 24.5 Å². The van der Waals surface area contributed by atoms with Gasteiger partial charge in [0.05, 0.1) is 6.04 Å². The van der Waals surface area contributed by atoms with Gasteiger partial charge >= 0.3 is 0 Å². The van der Waals surface area contributed by atoms with E-state index >= 15 is 0 Å². The van der Waals surface area contributed by atoms with E-state index < -0.39 is 0 Å². The van der Waals surface area contributed by atoms with E-state index in [0.29, 0.717) is 0 Å². The molecule has 2 N–H and O–H groups in total. The molecule has 0 saturated heterocycles. The van der Waals surface area contributed by atoms with Crippen molar-refractivity contribution < 1.29 is 0 Å². The van der Waals surface area contributed by atoms with Crippen LogP contribution in [0.1, 0.15) is 47.9 Å². The summed E-state index contributed by atoms with van der Waals surface area (Å²) in [5.74, 6) is 0. The van der Waals surface area contributed by atoms with Crippen LogP contribution in [0, 0.1) is 6.92 Å². The Kier molecular flexibility index (Phi) is 4.60. The average molecular weight is 252 g/mol. The summed E-state index contributed by atoms with van der Waals surface area (Å²) < 4.78 is 0. The van der Waals surface area contributed by atoms with Crippen molar-refractivity contribution in [3.05, 3.63) is 21.9 Å². The van der Waals surface area contributed by atoms with E-state index in [1.165, 1.54) is 41.9 Å². The Balaban J connectivity index is 1.87. The molecule has 1 aliphatic carbocycles. The van der Waals surface area contributed by atoms with Gasteiger partial charge in [0, 0.05) is 22.3 Å². The monoisotopic (exact) mass is 252 g/mol. The van der Waals surface area contributed by atoms with Gasteiger partial charge in [0.25, 0.3) is 0 Å². The molecule has 0 aliphatic heterocycles. The molecule has 0 bridgehead atoms. The second kappa shape index (κ2) is 5.98. The number of hydrogen-bond donors (Lipinski definition) is 1. The smallest absolute Gasteiger partial charge is 0.0519 e. The van der Waals surface area contributed by atoms with Crippen LogP contribution in [0.4, 0.5) is 0 Å². The van der Waals surface area contributed by atoms with Gasteiger partial charge in [-0.15, -0.1) is 11.3 Å². The van der Waals surface area contributed by atoms with Crippen LogP contribution in [0.3, 0.4) is 0 Å². The lowest BCUT2D eigenvalue weighted by Gasteiger charge is -2.32. The fourth-order valence-electron chi connectivity index (χ4n) is 2.72. The molecule has 1 heterocycles. The predicted molar refractivity (Wildman–Crippen MR) is 75.5 cm³/mol. The Hall–Kier alpha value is -0.380. The third kappa shape index (κ3) is 3.54. The summed E-state index contributed by atoms with van der Waals surface area (Å²) in [6.07, 6.45) is 6.91. The minimum atomic E-state index is 0.181. The largest absolute Gasteiger partial charge is 0.322 e. The molecule has 0 aromatic carbocycles. The normalized spacial score (nSPS) is 19.8. The van der Waals surface area contributed by atoms with Crippen molar-refractivity contribution in [2.75, 3.05) is 13.6 Å². The Morgan fingerprint density at radius 3 is 2.65 bits per heavy atom. The molecule has 1 aromatic heterocycles. The highest BCUT2D eigenvalue weighted by atomic mass is 32.1. The number of thiophene rings is 1. The molecule has 1 saturated carbocycles. The van der Waals surface area contributed by atoms with Crippen molar-refractivity contribution in [3.8, 4) is 0 Å². The standard InChI is InChI=1S/C14H24N2S/c1-11-8-9-14(17-11)13(15)10-16(2)12-6-4-3-5-7-12/h8-9,12-13H,3-7,10,15H2,1-2H3. The maximum atomic E-state index is 6.28. The molecule has 0 amide bonds. The zero-order valence-electron chi connectivity index (χ0n) is 11.0. The second-order valence-corrected chi connectivity index (χ2v) is 6.61. The van der Waals surface area contributed by atoms with Crippen molar-refractivity contribution in [1.82, 2.24) is 4.90 Å². The molecule has 2 nitrogen and oxygen atoms in total. The first-order chi connectivity index (χ1) is 8.16. The minimum absolute atomic E-state index is 0.181. The molecular formula is C14H24N2S. The molecule has 96 valence electrons. The number of nitrogens with zero attached hydrogens (tertiary/aromatic N) is 1. The second-order valence-electron chi connectivity index (χ2n) is 5.29. The first-order valence-electron chi connectivity index (χ1n) is 6.69. The predicted octanol–water partition coefficient (Wildman–Crippen LogP) is 3.32. The van der Waals surface area contributed by atoms with E-state index in [1.54, 1.807) is 0 Å². The maximum Gasteiger partial charge on any atom is 0.0519 e. The van der Waals surface area contributed by atoms with Gasteiger partial charge in [-0.1, -0.05) is 19.3 Å². The van der Waals surface area contributed by atoms with Gasteiger partial charge in [-0.2, -0.15) is 0 Å². The molecule has 1 aromatic rings. The van der Waals surface area contributed by atoms with Crippen LogP contribution in [-0.2, 0) is 0 Å². The molecular weight excluding hydrogens is 228 g/mol. The molecule has 3 heteroatoms. The molecule has 1 aliphatic rings. The molecule has 1 atom stereocenters. The van der Waals surface area contributed by atoms with Gasteiger partial charge in [-0.05, 0) is 38.9 Å². The molecule has 2 rings (SSSR count). The van der Waals surface area contributed by atoms with Crippen LogP contribution < -0.4 is 5.73 Å². The first kappa shape index (κ1) is 13.1. The maximum absolute atomic E-state index is 6.28. The summed E-state index contributed by atoms with van der Waals surface area (Å²) in [6.45, 7) is 3.14. The molecule has 1 unspecified atom stereocenters. The van der Waals surface area contributed by atoms with Gasteiger partial charge < -0.3 is 10.6 Å². The van der Waals surface area contributed by atoms with Gasteiger partial charge in [-0.3, -0.25) is 0 Å². The van der Waals surface area contributed by atoms with Crippen LogP contribution in [0.15, 0.2) is 12.1 Å². The Morgan fingerprint density at radius 2 is 2.06 bits per heavy atom. The van der Waals surface area contributed by atoms with E-state index in [9.17, 15) is 0 Å². The van der Waals surface area contributed by atoms with E-state index in [1.807, 2.05) is 11.3 Å². The number of hydrogen-bond acceptors (Lipinski definition) is 3. The summed E-state index contributed by atoms with van der Waals surface area (Å²) in [5.41, 5.74) is 6.28. The zero-order chi connectivity index (χ0) is 12.3. The van der Waals surface area contributed by atoms with E-state index in [0.717, 1.165) is 12.6 Å². The number of likely N-dealkylation sites (N-methyl/N-ethyl adjacent to an activating group) is 1. The van der Waals surface area contributed by atoms with Crippen LogP contribution in [0.5, 0.6) is 0 Å². The van der Waals surface area contributed by atoms with Crippen LogP contribution in [0.2, 0.25) is 0 Å². The molecule has 0 spiro atoms. The van der Waals surface area contributed by atoms with Crippen LogP contribution in [0.25, 0.3) is 0 Å². The van der Waals surface area contributed by atoms with Crippen LogP contribution >= 0.6 is 11.3 Å². The van der Waals surface area contributed by atoms with E-state index in [2.05, 4.69) is 31.0 Å². The molecule has 17 heavy (non-hydrogen) atoms.